The third kappa shape index (κ3) is 3.06. The van der Waals surface area contributed by atoms with E-state index < -0.39 is 12.1 Å². The lowest BCUT2D eigenvalue weighted by molar-refractivity contribution is -0.133. The van der Waals surface area contributed by atoms with Gasteiger partial charge in [-0.2, -0.15) is 0 Å². The van der Waals surface area contributed by atoms with Crippen LogP contribution in [-0.4, -0.2) is 42.5 Å². The molecule has 1 aromatic rings. The van der Waals surface area contributed by atoms with Crippen LogP contribution >= 0.6 is 0 Å². The first-order valence-corrected chi connectivity index (χ1v) is 7.29. The van der Waals surface area contributed by atoms with Gasteiger partial charge in [0.15, 0.2) is 17.3 Å². The van der Waals surface area contributed by atoms with Crippen molar-refractivity contribution >= 4 is 11.7 Å². The number of hydrogen-bond donors (Lipinski definition) is 1. The van der Waals surface area contributed by atoms with Gasteiger partial charge in [0, 0.05) is 12.6 Å². The largest absolute Gasteiger partial charge is 0.454 e. The number of hydrogen-bond acceptors (Lipinski definition) is 5. The molecule has 0 spiro atoms. The van der Waals surface area contributed by atoms with E-state index in [1.165, 1.54) is 4.90 Å². The Balaban J connectivity index is 2.13. The van der Waals surface area contributed by atoms with Gasteiger partial charge in [0.25, 0.3) is 0 Å². The summed E-state index contributed by atoms with van der Waals surface area (Å²) >= 11 is 0. The zero-order valence-electron chi connectivity index (χ0n) is 13.3. The second-order valence-corrected chi connectivity index (χ2v) is 5.83. The van der Waals surface area contributed by atoms with Gasteiger partial charge >= 0.3 is 0 Å². The molecule has 0 radical (unpaired) electrons. The van der Waals surface area contributed by atoms with Crippen LogP contribution in [0.1, 0.15) is 31.1 Å². The molecular weight excluding hydrogens is 284 g/mol. The standard InChI is InChI=1S/C16H22N2O4/c1-9(2)14(17)16(20)18(4)10(3)15(19)11-5-6-12-13(7-11)22-8-21-12/h5-7,9-10,14H,8,17H2,1-4H3/t10-,14+/m1/s1. The van der Waals surface area contributed by atoms with E-state index in [-0.39, 0.29) is 24.4 Å². The number of likely N-dealkylation sites (N-methyl/N-ethyl adjacent to an activating group) is 1. The van der Waals surface area contributed by atoms with E-state index in [1.807, 2.05) is 13.8 Å². The summed E-state index contributed by atoms with van der Waals surface area (Å²) in [5.74, 6) is 0.783. The minimum atomic E-state index is -0.614. The molecule has 1 heterocycles. The first-order chi connectivity index (χ1) is 10.3. The number of rotatable bonds is 5. The van der Waals surface area contributed by atoms with Gasteiger partial charge in [0.05, 0.1) is 12.1 Å². The summed E-state index contributed by atoms with van der Waals surface area (Å²) in [6.45, 7) is 5.60. The van der Waals surface area contributed by atoms with E-state index in [0.717, 1.165) is 0 Å². The number of carbonyl (C=O) groups excluding carboxylic acids is 2. The summed E-state index contributed by atoms with van der Waals surface area (Å²) in [5, 5.41) is 0. The highest BCUT2D eigenvalue weighted by Crippen LogP contribution is 2.33. The van der Waals surface area contributed by atoms with Crippen molar-refractivity contribution in [1.82, 2.24) is 4.90 Å². The smallest absolute Gasteiger partial charge is 0.240 e. The second-order valence-electron chi connectivity index (χ2n) is 5.83. The predicted molar refractivity (Wildman–Crippen MR) is 81.9 cm³/mol. The van der Waals surface area contributed by atoms with Gasteiger partial charge in [0.2, 0.25) is 12.7 Å². The number of Topliss-reactive ketones (excluding diaryl/α,β-unsaturated/α-hetero) is 1. The molecule has 1 aromatic carbocycles. The van der Waals surface area contributed by atoms with Crippen LogP contribution in [0.2, 0.25) is 0 Å². The van der Waals surface area contributed by atoms with Gasteiger partial charge in [-0.3, -0.25) is 9.59 Å². The van der Waals surface area contributed by atoms with Crippen LogP contribution in [0.4, 0.5) is 0 Å². The molecule has 1 aliphatic rings. The molecular formula is C16H22N2O4. The molecule has 22 heavy (non-hydrogen) atoms. The molecule has 120 valence electrons. The Morgan fingerprint density at radius 3 is 2.45 bits per heavy atom. The van der Waals surface area contributed by atoms with E-state index >= 15 is 0 Å². The van der Waals surface area contributed by atoms with Crippen molar-refractivity contribution in [2.24, 2.45) is 11.7 Å². The Hall–Kier alpha value is -2.08. The molecule has 6 heteroatoms. The number of amides is 1. The lowest BCUT2D eigenvalue weighted by Crippen LogP contribution is -2.50. The van der Waals surface area contributed by atoms with Crippen LogP contribution in [0.25, 0.3) is 0 Å². The Bertz CT molecular complexity index is 586. The third-order valence-electron chi connectivity index (χ3n) is 3.97. The van der Waals surface area contributed by atoms with Crippen LogP contribution < -0.4 is 15.2 Å². The fraction of sp³-hybridized carbons (Fsp3) is 0.500. The number of ether oxygens (including phenoxy) is 2. The average molecular weight is 306 g/mol. The van der Waals surface area contributed by atoms with Crippen molar-refractivity contribution < 1.29 is 19.1 Å². The van der Waals surface area contributed by atoms with Gasteiger partial charge in [-0.15, -0.1) is 0 Å². The summed E-state index contributed by atoms with van der Waals surface area (Å²) in [7, 11) is 1.60. The van der Waals surface area contributed by atoms with Crippen LogP contribution in [-0.2, 0) is 4.79 Å². The zero-order valence-corrected chi connectivity index (χ0v) is 13.3. The van der Waals surface area contributed by atoms with E-state index in [4.69, 9.17) is 15.2 Å². The highest BCUT2D eigenvalue weighted by molar-refractivity contribution is 6.02. The molecule has 0 fully saturated rings. The van der Waals surface area contributed by atoms with Gasteiger partial charge in [-0.05, 0) is 31.0 Å². The molecule has 1 amide bonds. The number of nitrogens with two attached hydrogens (primary N) is 1. The first kappa shape index (κ1) is 16.3. The monoisotopic (exact) mass is 306 g/mol. The van der Waals surface area contributed by atoms with E-state index in [1.54, 1.807) is 32.2 Å². The maximum atomic E-state index is 12.6. The highest BCUT2D eigenvalue weighted by Gasteiger charge is 2.29. The SMILES string of the molecule is CC(C)[C@H](N)C(=O)N(C)[C@H](C)C(=O)c1ccc2c(c1)OCO2. The van der Waals surface area contributed by atoms with Gasteiger partial charge in [0.1, 0.15) is 0 Å². The maximum absolute atomic E-state index is 12.6. The van der Waals surface area contributed by atoms with Crippen LogP contribution in [0.15, 0.2) is 18.2 Å². The summed E-state index contributed by atoms with van der Waals surface area (Å²) in [5.41, 5.74) is 6.35. The average Bonchev–Trinajstić information content (AvgIpc) is 2.98. The maximum Gasteiger partial charge on any atom is 0.240 e. The van der Waals surface area contributed by atoms with E-state index in [9.17, 15) is 9.59 Å². The molecule has 0 aromatic heterocycles. The zero-order chi connectivity index (χ0) is 16.4. The van der Waals surface area contributed by atoms with Crippen molar-refractivity contribution in [2.45, 2.75) is 32.9 Å². The quantitative estimate of drug-likeness (QED) is 0.832. The van der Waals surface area contributed by atoms with Crippen molar-refractivity contribution in [1.29, 1.82) is 0 Å². The van der Waals surface area contributed by atoms with Crippen LogP contribution in [0, 0.1) is 5.92 Å². The first-order valence-electron chi connectivity index (χ1n) is 7.29. The molecule has 2 atom stereocenters. The van der Waals surface area contributed by atoms with Gasteiger partial charge in [-0.25, -0.2) is 0 Å². The normalized spacial score (nSPS) is 15.5. The van der Waals surface area contributed by atoms with Gasteiger partial charge < -0.3 is 20.1 Å². The van der Waals surface area contributed by atoms with Crippen LogP contribution in [0.5, 0.6) is 11.5 Å². The Morgan fingerprint density at radius 2 is 1.82 bits per heavy atom. The molecule has 6 nitrogen and oxygen atoms in total. The van der Waals surface area contributed by atoms with Crippen LogP contribution in [0.3, 0.4) is 0 Å². The Kier molecular flexibility index (Phi) is 4.71. The molecule has 0 saturated heterocycles. The summed E-state index contributed by atoms with van der Waals surface area (Å²) < 4.78 is 10.5. The molecule has 2 N–H and O–H groups in total. The van der Waals surface area contributed by atoms with E-state index in [2.05, 4.69) is 0 Å². The summed E-state index contributed by atoms with van der Waals surface area (Å²) in [6.07, 6.45) is 0. The second kappa shape index (κ2) is 6.36. The Labute approximate surface area is 130 Å². The van der Waals surface area contributed by atoms with Crippen molar-refractivity contribution in [3.63, 3.8) is 0 Å². The number of benzene rings is 1. The molecule has 0 bridgehead atoms. The number of carbonyl (C=O) groups is 2. The van der Waals surface area contributed by atoms with Gasteiger partial charge in [-0.1, -0.05) is 13.8 Å². The number of nitrogens with zero attached hydrogens (tertiary/aromatic N) is 1. The number of ketones is 1. The topological polar surface area (TPSA) is 81.9 Å². The number of fused-ring (bicyclic) bond motifs is 1. The molecule has 1 aliphatic heterocycles. The lowest BCUT2D eigenvalue weighted by Gasteiger charge is -2.28. The lowest BCUT2D eigenvalue weighted by atomic mass is 10.0. The Morgan fingerprint density at radius 1 is 1.18 bits per heavy atom. The molecule has 0 aliphatic carbocycles. The molecule has 0 saturated carbocycles. The van der Waals surface area contributed by atoms with Crippen molar-refractivity contribution in [2.75, 3.05) is 13.8 Å². The third-order valence-corrected chi connectivity index (χ3v) is 3.97. The fourth-order valence-corrected chi connectivity index (χ4v) is 2.18. The van der Waals surface area contributed by atoms with Crippen molar-refractivity contribution in [3.8, 4) is 11.5 Å². The summed E-state index contributed by atoms with van der Waals surface area (Å²) in [6, 6.07) is 3.80. The molecule has 2 rings (SSSR count). The summed E-state index contributed by atoms with van der Waals surface area (Å²) in [4.78, 5) is 26.2. The minimum absolute atomic E-state index is 0.0165. The highest BCUT2D eigenvalue weighted by atomic mass is 16.7. The fourth-order valence-electron chi connectivity index (χ4n) is 2.18. The van der Waals surface area contributed by atoms with E-state index in [0.29, 0.717) is 17.1 Å². The van der Waals surface area contributed by atoms with Crippen molar-refractivity contribution in [3.05, 3.63) is 23.8 Å². The minimum Gasteiger partial charge on any atom is -0.454 e. The predicted octanol–water partition coefficient (Wildman–Crippen LogP) is 1.43. The molecule has 0 unspecified atom stereocenters.